The van der Waals surface area contributed by atoms with Crippen LogP contribution in [0.3, 0.4) is 0 Å². The van der Waals surface area contributed by atoms with Gasteiger partial charge in [-0.1, -0.05) is 53.7 Å². The molecule has 33 heavy (non-hydrogen) atoms. The Balaban J connectivity index is 1.40. The second-order valence-corrected chi connectivity index (χ2v) is 8.36. The Hall–Kier alpha value is -3.71. The molecule has 168 valence electrons. The molecule has 0 unspecified atom stereocenters. The van der Waals surface area contributed by atoms with Gasteiger partial charge in [-0.3, -0.25) is 15.0 Å². The Morgan fingerprint density at radius 3 is 2.39 bits per heavy atom. The standard InChI is InChI=1S/C26H25N3O4/c30-29(31)22-16-14-19(15-17-22)18-32-27-23-12-7-13-24-25(23)26(20-8-3-1-4-9-20)28(33-24)21-10-5-2-6-11-21/h1-6,8-11,14-17,24-26H,7,12-13,18H2/b27-23-/t24-,25-,26+/m1/s1. The largest absolute Gasteiger partial charge is 0.391 e. The molecular formula is C26H25N3O4. The van der Waals surface area contributed by atoms with E-state index >= 15 is 0 Å². The number of rotatable bonds is 6. The van der Waals surface area contributed by atoms with Gasteiger partial charge in [-0.25, -0.2) is 5.06 Å². The molecule has 7 nitrogen and oxygen atoms in total. The van der Waals surface area contributed by atoms with Gasteiger partial charge in [0.15, 0.2) is 0 Å². The van der Waals surface area contributed by atoms with Gasteiger partial charge in [0.25, 0.3) is 5.69 Å². The van der Waals surface area contributed by atoms with Crippen molar-refractivity contribution in [3.8, 4) is 0 Å². The highest BCUT2D eigenvalue weighted by Gasteiger charge is 2.48. The number of oxime groups is 1. The first kappa shape index (κ1) is 21.2. The van der Waals surface area contributed by atoms with E-state index in [2.05, 4.69) is 41.6 Å². The fourth-order valence-electron chi connectivity index (χ4n) is 4.71. The highest BCUT2D eigenvalue weighted by molar-refractivity contribution is 5.89. The number of hydrogen-bond acceptors (Lipinski definition) is 6. The lowest BCUT2D eigenvalue weighted by atomic mass is 9.78. The van der Waals surface area contributed by atoms with Gasteiger partial charge in [-0.15, -0.1) is 0 Å². The molecule has 1 aliphatic carbocycles. The highest BCUT2D eigenvalue weighted by Crippen LogP contribution is 2.47. The van der Waals surface area contributed by atoms with Gasteiger partial charge in [0.2, 0.25) is 0 Å². The molecule has 0 amide bonds. The van der Waals surface area contributed by atoms with Gasteiger partial charge in [0.05, 0.1) is 34.4 Å². The van der Waals surface area contributed by atoms with Gasteiger partial charge in [0.1, 0.15) is 6.61 Å². The van der Waals surface area contributed by atoms with Crippen LogP contribution in [0.1, 0.15) is 36.4 Å². The van der Waals surface area contributed by atoms with E-state index in [9.17, 15) is 10.1 Å². The number of nitro groups is 1. The number of hydroxylamine groups is 1. The fourth-order valence-corrected chi connectivity index (χ4v) is 4.71. The summed E-state index contributed by atoms with van der Waals surface area (Å²) in [7, 11) is 0. The maximum atomic E-state index is 10.9. The molecule has 1 saturated carbocycles. The van der Waals surface area contributed by atoms with Crippen LogP contribution >= 0.6 is 0 Å². The topological polar surface area (TPSA) is 77.2 Å². The number of fused-ring (bicyclic) bond motifs is 1. The lowest BCUT2D eigenvalue weighted by Gasteiger charge is -2.29. The van der Waals surface area contributed by atoms with Gasteiger partial charge in [0, 0.05) is 12.1 Å². The Kier molecular flexibility index (Phi) is 6.04. The van der Waals surface area contributed by atoms with Gasteiger partial charge in [-0.05, 0) is 54.7 Å². The molecule has 3 aromatic carbocycles. The van der Waals surface area contributed by atoms with Crippen molar-refractivity contribution in [3.05, 3.63) is 106 Å². The zero-order valence-electron chi connectivity index (χ0n) is 18.1. The minimum absolute atomic E-state index is 0.000579. The molecule has 0 aromatic heterocycles. The summed E-state index contributed by atoms with van der Waals surface area (Å²) in [6.07, 6.45) is 2.85. The van der Waals surface area contributed by atoms with Crippen LogP contribution in [0.2, 0.25) is 0 Å². The highest BCUT2D eigenvalue weighted by atomic mass is 16.7. The van der Waals surface area contributed by atoms with E-state index in [1.807, 2.05) is 29.3 Å². The SMILES string of the molecule is O=[N+]([O-])c1ccc(CO/N=C2/CCC[C@H]3ON(c4ccccc4)[C@@H](c4ccccc4)[C@H]23)cc1. The second kappa shape index (κ2) is 9.42. The lowest BCUT2D eigenvalue weighted by Crippen LogP contribution is -2.33. The maximum absolute atomic E-state index is 10.9. The first-order valence-corrected chi connectivity index (χ1v) is 11.2. The molecule has 1 heterocycles. The zero-order chi connectivity index (χ0) is 22.6. The van der Waals surface area contributed by atoms with E-state index in [-0.39, 0.29) is 30.4 Å². The van der Waals surface area contributed by atoms with Gasteiger partial charge >= 0.3 is 0 Å². The third-order valence-electron chi connectivity index (χ3n) is 6.26. The summed E-state index contributed by atoms with van der Waals surface area (Å²) < 4.78 is 0. The molecular weight excluding hydrogens is 418 g/mol. The molecule has 3 atom stereocenters. The van der Waals surface area contributed by atoms with Crippen LogP contribution < -0.4 is 5.06 Å². The first-order chi connectivity index (χ1) is 16.2. The first-order valence-electron chi connectivity index (χ1n) is 11.2. The molecule has 7 heteroatoms. The van der Waals surface area contributed by atoms with Gasteiger partial charge < -0.3 is 4.84 Å². The monoisotopic (exact) mass is 443 g/mol. The molecule has 0 N–H and O–H groups in total. The number of anilines is 1. The van der Waals surface area contributed by atoms with Crippen molar-refractivity contribution in [2.45, 2.75) is 38.0 Å². The number of non-ortho nitro benzene ring substituents is 1. The third-order valence-corrected chi connectivity index (χ3v) is 6.26. The summed E-state index contributed by atoms with van der Waals surface area (Å²) in [6, 6.07) is 26.9. The van der Waals surface area contributed by atoms with E-state index in [1.54, 1.807) is 12.1 Å². The van der Waals surface area contributed by atoms with E-state index in [1.165, 1.54) is 17.7 Å². The molecule has 5 rings (SSSR count). The number of para-hydroxylation sites is 1. The summed E-state index contributed by atoms with van der Waals surface area (Å²) in [6.45, 7) is 0.262. The average Bonchev–Trinajstić information content (AvgIpc) is 3.26. The smallest absolute Gasteiger partial charge is 0.269 e. The number of benzene rings is 3. The van der Waals surface area contributed by atoms with E-state index in [4.69, 9.17) is 9.68 Å². The number of nitrogens with zero attached hydrogens (tertiary/aromatic N) is 3. The van der Waals surface area contributed by atoms with Crippen LogP contribution in [0.4, 0.5) is 11.4 Å². The number of hydrogen-bond donors (Lipinski definition) is 0. The van der Waals surface area contributed by atoms with Crippen LogP contribution in [0.15, 0.2) is 90.1 Å². The van der Waals surface area contributed by atoms with Crippen LogP contribution in [-0.2, 0) is 16.3 Å². The number of nitro benzene ring substituents is 1. The molecule has 3 aromatic rings. The van der Waals surface area contributed by atoms with E-state index in [0.717, 1.165) is 36.2 Å². The Morgan fingerprint density at radius 1 is 1.00 bits per heavy atom. The lowest BCUT2D eigenvalue weighted by molar-refractivity contribution is -0.384. The molecule has 0 bridgehead atoms. The predicted molar refractivity (Wildman–Crippen MR) is 126 cm³/mol. The maximum Gasteiger partial charge on any atom is 0.269 e. The van der Waals surface area contributed by atoms with Crippen molar-refractivity contribution < 1.29 is 14.6 Å². The molecule has 0 radical (unpaired) electrons. The van der Waals surface area contributed by atoms with Gasteiger partial charge in [-0.2, -0.15) is 0 Å². The summed E-state index contributed by atoms with van der Waals surface area (Å²) in [5.74, 6) is 0.0817. The summed E-state index contributed by atoms with van der Waals surface area (Å²) in [5, 5.41) is 17.4. The average molecular weight is 444 g/mol. The normalized spacial score (nSPS) is 23.3. The molecule has 2 fully saturated rings. The van der Waals surface area contributed by atoms with E-state index < -0.39 is 4.92 Å². The molecule has 1 aliphatic heterocycles. The summed E-state index contributed by atoms with van der Waals surface area (Å²) >= 11 is 0. The Morgan fingerprint density at radius 2 is 1.70 bits per heavy atom. The zero-order valence-corrected chi connectivity index (χ0v) is 18.1. The fraction of sp³-hybridized carbons (Fsp3) is 0.269. The van der Waals surface area contributed by atoms with Crippen LogP contribution in [0, 0.1) is 16.0 Å². The molecule has 0 spiro atoms. The minimum Gasteiger partial charge on any atom is -0.391 e. The Bertz CT molecular complexity index is 1120. The van der Waals surface area contributed by atoms with Crippen LogP contribution in [0.25, 0.3) is 0 Å². The van der Waals surface area contributed by atoms with Crippen LogP contribution in [-0.4, -0.2) is 16.7 Å². The molecule has 2 aliphatic rings. The van der Waals surface area contributed by atoms with Crippen molar-refractivity contribution in [3.63, 3.8) is 0 Å². The predicted octanol–water partition coefficient (Wildman–Crippen LogP) is 5.83. The van der Waals surface area contributed by atoms with Crippen molar-refractivity contribution in [2.24, 2.45) is 11.1 Å². The van der Waals surface area contributed by atoms with Crippen molar-refractivity contribution in [1.82, 2.24) is 0 Å². The Labute approximate surface area is 192 Å². The second-order valence-electron chi connectivity index (χ2n) is 8.36. The summed E-state index contributed by atoms with van der Waals surface area (Å²) in [4.78, 5) is 22.7. The quantitative estimate of drug-likeness (QED) is 0.354. The van der Waals surface area contributed by atoms with Crippen molar-refractivity contribution in [2.75, 3.05) is 5.06 Å². The minimum atomic E-state index is -0.407. The van der Waals surface area contributed by atoms with Crippen LogP contribution in [0.5, 0.6) is 0 Å². The van der Waals surface area contributed by atoms with Crippen molar-refractivity contribution in [1.29, 1.82) is 0 Å². The summed E-state index contributed by atoms with van der Waals surface area (Å²) in [5.41, 5.74) is 4.10. The third kappa shape index (κ3) is 4.45. The van der Waals surface area contributed by atoms with E-state index in [0.29, 0.717) is 0 Å². The molecule has 1 saturated heterocycles. The van der Waals surface area contributed by atoms with Crippen molar-refractivity contribution >= 4 is 17.1 Å².